The van der Waals surface area contributed by atoms with Gasteiger partial charge in [0, 0.05) is 24.6 Å². The summed E-state index contributed by atoms with van der Waals surface area (Å²) in [6, 6.07) is 0. The first kappa shape index (κ1) is 35.7. The van der Waals surface area contributed by atoms with E-state index >= 15 is 0 Å². The summed E-state index contributed by atoms with van der Waals surface area (Å²) in [5.74, 6) is -1.01. The molecule has 0 saturated carbocycles. The molecule has 0 bridgehead atoms. The van der Waals surface area contributed by atoms with E-state index in [0.29, 0.717) is 11.5 Å². The Morgan fingerprint density at radius 1 is 0.938 bits per heavy atom. The van der Waals surface area contributed by atoms with Crippen molar-refractivity contribution >= 4 is 38.9 Å². The van der Waals surface area contributed by atoms with Crippen LogP contribution in [0.15, 0.2) is 0 Å². The van der Waals surface area contributed by atoms with Crippen LogP contribution in [0.25, 0.3) is 0 Å². The first-order valence-electron chi connectivity index (χ1n) is 9.12. The zero-order valence-corrected chi connectivity index (χ0v) is 26.5. The van der Waals surface area contributed by atoms with Crippen molar-refractivity contribution in [3.8, 4) is 0 Å². The normalized spacial score (nSPS) is 20.1. The van der Waals surface area contributed by atoms with Gasteiger partial charge in [0.2, 0.25) is 0 Å². The Morgan fingerprint density at radius 3 is 1.62 bits per heavy atom. The molecule has 0 radical (unpaired) electrons. The molecule has 11 nitrogen and oxygen atoms in total. The van der Waals surface area contributed by atoms with E-state index in [4.69, 9.17) is 14.0 Å². The van der Waals surface area contributed by atoms with Gasteiger partial charge in [0.15, 0.2) is 15.2 Å². The Hall–Kier alpha value is 1.55. The first-order chi connectivity index (χ1) is 13.4. The Balaban J connectivity index is 0. The number of esters is 2. The smallest absolute Gasteiger partial charge is 0.777 e. The average molecular weight is 535 g/mol. The molecule has 1 heterocycles. The summed E-state index contributed by atoms with van der Waals surface area (Å²) < 4.78 is 39.2. The number of carbonyl (C=O) groups is 2. The molecule has 16 heteroatoms. The third kappa shape index (κ3) is 11.5. The van der Waals surface area contributed by atoms with Crippen LogP contribution in [-0.2, 0) is 32.7 Å². The Kier molecular flexibility index (Phi) is 15.3. The molecular formula is C16H29NNa2O10P2S. The van der Waals surface area contributed by atoms with Crippen molar-refractivity contribution in [2.75, 3.05) is 24.6 Å². The minimum absolute atomic E-state index is 0. The molecule has 32 heavy (non-hydrogen) atoms. The van der Waals surface area contributed by atoms with Crippen LogP contribution < -0.4 is 68.9 Å². The van der Waals surface area contributed by atoms with E-state index in [-0.39, 0.29) is 72.2 Å². The summed E-state index contributed by atoms with van der Waals surface area (Å²) in [5.41, 5.74) is -4.61. The van der Waals surface area contributed by atoms with Crippen LogP contribution in [-0.4, -0.2) is 58.3 Å². The number of carbonyl (C=O) groups excluding carboxylic acids is 2. The van der Waals surface area contributed by atoms with Gasteiger partial charge in [0.25, 0.3) is 0 Å². The molecular weight excluding hydrogens is 506 g/mol. The predicted octanol–water partition coefficient (Wildman–Crippen LogP) is -5.10. The van der Waals surface area contributed by atoms with Crippen LogP contribution in [0.5, 0.6) is 0 Å². The molecule has 0 spiro atoms. The molecule has 176 valence electrons. The molecule has 0 aliphatic carbocycles. The predicted molar refractivity (Wildman–Crippen MR) is 106 cm³/mol. The van der Waals surface area contributed by atoms with Crippen LogP contribution in [0.2, 0.25) is 0 Å². The zero-order valence-electron chi connectivity index (χ0n) is 19.9. The number of ether oxygens (including phenoxy) is 2. The van der Waals surface area contributed by atoms with Crippen molar-refractivity contribution in [1.29, 1.82) is 0 Å². The largest absolute Gasteiger partial charge is 1.00 e. The maximum Gasteiger partial charge on any atom is 1.00 e. The first-order valence-corrected chi connectivity index (χ1v) is 13.5. The molecule has 0 amide bonds. The fourth-order valence-corrected chi connectivity index (χ4v) is 6.40. The van der Waals surface area contributed by atoms with E-state index in [0.717, 1.165) is 4.90 Å². The Labute approximate surface area is 237 Å². The molecule has 1 aliphatic heterocycles. The van der Waals surface area contributed by atoms with E-state index in [1.165, 1.54) is 53.3 Å². The fourth-order valence-electron chi connectivity index (χ4n) is 2.16. The molecule has 0 aromatic heterocycles. The van der Waals surface area contributed by atoms with E-state index < -0.39 is 50.0 Å². The van der Waals surface area contributed by atoms with E-state index in [1.54, 1.807) is 0 Å². The monoisotopic (exact) mass is 535 g/mol. The summed E-state index contributed by atoms with van der Waals surface area (Å²) in [7, 11) is -10.9. The third-order valence-corrected chi connectivity index (χ3v) is 8.75. The summed E-state index contributed by atoms with van der Waals surface area (Å²) in [6.07, 6.45) is 0. The van der Waals surface area contributed by atoms with Gasteiger partial charge in [-0.25, -0.2) is 0 Å². The number of hydrogen-bond donors (Lipinski definition) is 1. The minimum Gasteiger partial charge on any atom is -0.777 e. The quantitative estimate of drug-likeness (QED) is 0.143. The topological polar surface area (TPSA) is 166 Å². The molecule has 1 aliphatic rings. The van der Waals surface area contributed by atoms with E-state index in [9.17, 15) is 33.4 Å². The van der Waals surface area contributed by atoms with Crippen LogP contribution in [0.3, 0.4) is 0 Å². The average Bonchev–Trinajstić information content (AvgIpc) is 2.51. The van der Waals surface area contributed by atoms with Crippen LogP contribution in [0.4, 0.5) is 0 Å². The number of nitrogens with zero attached hydrogens (tertiary/aromatic N) is 1. The van der Waals surface area contributed by atoms with Crippen molar-refractivity contribution < 1.29 is 107 Å². The summed E-state index contributed by atoms with van der Waals surface area (Å²) >= 11 is 1.49. The van der Waals surface area contributed by atoms with Gasteiger partial charge in [-0.1, -0.05) is 0 Å². The van der Waals surface area contributed by atoms with Crippen LogP contribution >= 0.6 is 27.0 Å². The number of rotatable bonds is 7. The molecule has 1 N–H and O–H groups in total. The van der Waals surface area contributed by atoms with Gasteiger partial charge in [-0.3, -0.25) is 19.0 Å². The van der Waals surface area contributed by atoms with Gasteiger partial charge in [0.1, 0.15) is 5.52 Å². The van der Waals surface area contributed by atoms with Gasteiger partial charge >= 0.3 is 77.5 Å². The van der Waals surface area contributed by atoms with Crippen molar-refractivity contribution in [3.05, 3.63) is 0 Å². The van der Waals surface area contributed by atoms with Crippen molar-refractivity contribution in [3.63, 3.8) is 0 Å². The second-order valence-electron chi connectivity index (χ2n) is 8.80. The van der Waals surface area contributed by atoms with Crippen LogP contribution in [0, 0.1) is 10.8 Å². The second-order valence-corrected chi connectivity index (χ2v) is 13.8. The molecule has 1 rings (SSSR count). The Bertz CT molecular complexity index is 703. The van der Waals surface area contributed by atoms with E-state index in [2.05, 4.69) is 0 Å². The minimum atomic E-state index is -5.48. The van der Waals surface area contributed by atoms with Gasteiger partial charge in [-0.15, -0.1) is 0 Å². The van der Waals surface area contributed by atoms with Crippen molar-refractivity contribution in [1.82, 2.24) is 4.90 Å². The van der Waals surface area contributed by atoms with E-state index in [1.807, 2.05) is 0 Å². The number of thioether (sulfide) groups is 1. The third-order valence-electron chi connectivity index (χ3n) is 3.81. The van der Waals surface area contributed by atoms with Gasteiger partial charge in [-0.05, 0) is 41.5 Å². The summed E-state index contributed by atoms with van der Waals surface area (Å²) in [4.78, 5) is 59.7. The Morgan fingerprint density at radius 2 is 1.31 bits per heavy atom. The molecule has 0 aromatic rings. The molecule has 0 aromatic carbocycles. The summed E-state index contributed by atoms with van der Waals surface area (Å²) in [5, 5.41) is 0. The molecule has 1 fully saturated rings. The molecule has 3 atom stereocenters. The summed E-state index contributed by atoms with van der Waals surface area (Å²) in [6.45, 7) is 6.62. The maximum atomic E-state index is 12.8. The zero-order chi connectivity index (χ0) is 23.5. The number of hydrogen-bond acceptors (Lipinski definition) is 11. The molecule has 1 saturated heterocycles. The SMILES string of the molecule is CC(C)(C)C(=O)OC(OC(=O)C(C)(C)C)OP(=O)([O-])C(N1CCSCC1)P(=O)([O-])O.[Na+].[Na+]. The standard InChI is InChI=1S/C16H31NO10P2S.2Na/c1-15(2,3)11(18)25-14(26-12(19)16(4,5)6)27-29(23,24)13(28(20,21)22)17-7-9-30-10-8-17;;/h13-14H,7-10H2,1-6H3,(H,23,24)(H2,20,21,22);;/q;2*+1/p-2. The van der Waals surface area contributed by atoms with Crippen molar-refractivity contribution in [2.45, 2.75) is 53.5 Å². The van der Waals surface area contributed by atoms with Crippen molar-refractivity contribution in [2.24, 2.45) is 10.8 Å². The van der Waals surface area contributed by atoms with Crippen LogP contribution in [0.1, 0.15) is 41.5 Å². The van der Waals surface area contributed by atoms with Gasteiger partial charge in [-0.2, -0.15) is 11.8 Å². The van der Waals surface area contributed by atoms with Gasteiger partial charge in [0.05, 0.1) is 10.8 Å². The van der Waals surface area contributed by atoms with Gasteiger partial charge < -0.3 is 33.3 Å². The second kappa shape index (κ2) is 13.7. The fraction of sp³-hybridized carbons (Fsp3) is 0.875. The maximum absolute atomic E-state index is 12.8. The molecule has 3 unspecified atom stereocenters.